The van der Waals surface area contributed by atoms with Crippen molar-refractivity contribution >= 4 is 10.9 Å². The Morgan fingerprint density at radius 1 is 1.24 bits per heavy atom. The third-order valence-electron chi connectivity index (χ3n) is 3.12. The molecule has 2 rings (SSSR count). The summed E-state index contributed by atoms with van der Waals surface area (Å²) >= 11 is 0. The molecule has 1 nitrogen and oxygen atoms in total. The van der Waals surface area contributed by atoms with E-state index in [2.05, 4.69) is 0 Å². The van der Waals surface area contributed by atoms with Crippen molar-refractivity contribution in [3.63, 3.8) is 0 Å². The monoisotopic (exact) mass is 241 g/mol. The van der Waals surface area contributed by atoms with Gasteiger partial charge in [-0.25, -0.2) is 0 Å². The molecule has 0 saturated carbocycles. The highest BCUT2D eigenvalue weighted by molar-refractivity contribution is 5.81. The van der Waals surface area contributed by atoms with E-state index in [9.17, 15) is 13.2 Å². The van der Waals surface area contributed by atoms with Gasteiger partial charge < -0.3 is 4.57 Å². The fourth-order valence-corrected chi connectivity index (χ4v) is 1.91. The average molecular weight is 241 g/mol. The SMILES string of the molecule is CCC(C)n1ccc2ccc(C(F)(F)F)cc21. The van der Waals surface area contributed by atoms with E-state index in [1.807, 2.05) is 30.7 Å². The molecule has 0 amide bonds. The van der Waals surface area contributed by atoms with Gasteiger partial charge in [0, 0.05) is 17.8 Å². The minimum absolute atomic E-state index is 0.205. The smallest absolute Gasteiger partial charge is 0.345 e. The molecule has 1 unspecified atom stereocenters. The number of benzene rings is 1. The van der Waals surface area contributed by atoms with Crippen molar-refractivity contribution in [1.82, 2.24) is 4.57 Å². The first-order valence-electron chi connectivity index (χ1n) is 5.61. The lowest BCUT2D eigenvalue weighted by molar-refractivity contribution is -0.137. The second kappa shape index (κ2) is 4.09. The van der Waals surface area contributed by atoms with E-state index < -0.39 is 11.7 Å². The molecule has 1 atom stereocenters. The Morgan fingerprint density at radius 2 is 1.94 bits per heavy atom. The van der Waals surface area contributed by atoms with Crippen LogP contribution >= 0.6 is 0 Å². The molecule has 0 N–H and O–H groups in total. The Hall–Kier alpha value is -1.45. The zero-order chi connectivity index (χ0) is 12.6. The van der Waals surface area contributed by atoms with Gasteiger partial charge in [0.15, 0.2) is 0 Å². The van der Waals surface area contributed by atoms with Gasteiger partial charge in [-0.3, -0.25) is 0 Å². The van der Waals surface area contributed by atoms with Gasteiger partial charge in [-0.05, 0) is 36.9 Å². The molecule has 0 fully saturated rings. The second-order valence-corrected chi connectivity index (χ2v) is 4.25. The largest absolute Gasteiger partial charge is 0.416 e. The van der Waals surface area contributed by atoms with Gasteiger partial charge in [0.05, 0.1) is 5.56 Å². The molecule has 0 aliphatic heterocycles. The zero-order valence-corrected chi connectivity index (χ0v) is 9.75. The Morgan fingerprint density at radius 3 is 2.53 bits per heavy atom. The standard InChI is InChI=1S/C13H14F3N/c1-3-9(2)17-7-6-10-4-5-11(8-12(10)17)13(14,15)16/h4-9H,3H2,1-2H3. The minimum atomic E-state index is -4.28. The molecule has 4 heteroatoms. The van der Waals surface area contributed by atoms with Crippen molar-refractivity contribution in [3.8, 4) is 0 Å². The summed E-state index contributed by atoms with van der Waals surface area (Å²) in [5, 5.41) is 0.846. The molecule has 17 heavy (non-hydrogen) atoms. The Labute approximate surface area is 97.9 Å². The molecule has 1 aromatic heterocycles. The van der Waals surface area contributed by atoms with Crippen molar-refractivity contribution in [2.75, 3.05) is 0 Å². The number of aromatic nitrogens is 1. The molecule has 0 aliphatic carbocycles. The number of fused-ring (bicyclic) bond motifs is 1. The van der Waals surface area contributed by atoms with Crippen LogP contribution < -0.4 is 0 Å². The number of halogens is 3. The maximum Gasteiger partial charge on any atom is 0.416 e. The summed E-state index contributed by atoms with van der Waals surface area (Å²) < 4.78 is 39.8. The van der Waals surface area contributed by atoms with E-state index >= 15 is 0 Å². The molecule has 0 radical (unpaired) electrons. The zero-order valence-electron chi connectivity index (χ0n) is 9.75. The van der Waals surface area contributed by atoms with Crippen LogP contribution in [-0.4, -0.2) is 4.57 Å². The third-order valence-corrected chi connectivity index (χ3v) is 3.12. The fraction of sp³-hybridized carbons (Fsp3) is 0.385. The summed E-state index contributed by atoms with van der Waals surface area (Å²) in [6.07, 6.45) is -1.54. The van der Waals surface area contributed by atoms with Crippen molar-refractivity contribution in [2.45, 2.75) is 32.5 Å². The predicted octanol–water partition coefficient (Wildman–Crippen LogP) is 4.63. The summed E-state index contributed by atoms with van der Waals surface area (Å²) in [5.74, 6) is 0. The molecule has 0 saturated heterocycles. The second-order valence-electron chi connectivity index (χ2n) is 4.25. The van der Waals surface area contributed by atoms with Crippen molar-refractivity contribution in [1.29, 1.82) is 0 Å². The first-order valence-corrected chi connectivity index (χ1v) is 5.61. The van der Waals surface area contributed by atoms with Gasteiger partial charge in [0.25, 0.3) is 0 Å². The lowest BCUT2D eigenvalue weighted by Gasteiger charge is -2.14. The highest BCUT2D eigenvalue weighted by Crippen LogP contribution is 2.32. The van der Waals surface area contributed by atoms with E-state index in [0.717, 1.165) is 17.9 Å². The summed E-state index contributed by atoms with van der Waals surface area (Å²) in [6.45, 7) is 4.02. The number of hydrogen-bond donors (Lipinski definition) is 0. The van der Waals surface area contributed by atoms with Crippen LogP contribution in [0.3, 0.4) is 0 Å². The lowest BCUT2D eigenvalue weighted by Crippen LogP contribution is -2.06. The molecular weight excluding hydrogens is 227 g/mol. The van der Waals surface area contributed by atoms with E-state index in [-0.39, 0.29) is 6.04 Å². The van der Waals surface area contributed by atoms with Crippen LogP contribution in [0.15, 0.2) is 30.5 Å². The van der Waals surface area contributed by atoms with Crippen LogP contribution in [0.4, 0.5) is 13.2 Å². The van der Waals surface area contributed by atoms with Gasteiger partial charge in [-0.2, -0.15) is 13.2 Å². The van der Waals surface area contributed by atoms with E-state index in [1.54, 1.807) is 0 Å². The van der Waals surface area contributed by atoms with Crippen LogP contribution in [0.25, 0.3) is 10.9 Å². The van der Waals surface area contributed by atoms with Crippen LogP contribution in [0.2, 0.25) is 0 Å². The van der Waals surface area contributed by atoms with Gasteiger partial charge in [-0.1, -0.05) is 13.0 Å². The number of hydrogen-bond acceptors (Lipinski definition) is 0. The summed E-state index contributed by atoms with van der Waals surface area (Å²) in [4.78, 5) is 0. The van der Waals surface area contributed by atoms with Gasteiger partial charge in [-0.15, -0.1) is 0 Å². The van der Waals surface area contributed by atoms with Gasteiger partial charge >= 0.3 is 6.18 Å². The quantitative estimate of drug-likeness (QED) is 0.722. The molecule has 2 aromatic rings. The molecule has 1 heterocycles. The first kappa shape index (κ1) is 12.0. The molecule has 92 valence electrons. The van der Waals surface area contributed by atoms with Crippen molar-refractivity contribution in [3.05, 3.63) is 36.0 Å². The van der Waals surface area contributed by atoms with Crippen molar-refractivity contribution in [2.24, 2.45) is 0 Å². The molecular formula is C13H14F3N. The minimum Gasteiger partial charge on any atom is -0.345 e. The maximum absolute atomic E-state index is 12.6. The number of nitrogens with zero attached hydrogens (tertiary/aromatic N) is 1. The Balaban J connectivity index is 2.58. The predicted molar refractivity (Wildman–Crippen MR) is 61.9 cm³/mol. The van der Waals surface area contributed by atoms with Gasteiger partial charge in [0.1, 0.15) is 0 Å². The third kappa shape index (κ3) is 2.16. The average Bonchev–Trinajstić information content (AvgIpc) is 2.69. The summed E-state index contributed by atoms with van der Waals surface area (Å²) in [5.41, 5.74) is 0.0578. The molecule has 0 bridgehead atoms. The summed E-state index contributed by atoms with van der Waals surface area (Å²) in [7, 11) is 0. The molecule has 0 aliphatic rings. The number of alkyl halides is 3. The normalized spacial score (nSPS) is 14.2. The summed E-state index contributed by atoms with van der Waals surface area (Å²) in [6, 6.07) is 5.93. The Bertz CT molecular complexity index is 525. The van der Waals surface area contributed by atoms with Crippen LogP contribution in [0, 0.1) is 0 Å². The van der Waals surface area contributed by atoms with Crippen LogP contribution in [0.5, 0.6) is 0 Å². The highest BCUT2D eigenvalue weighted by atomic mass is 19.4. The van der Waals surface area contributed by atoms with E-state index in [4.69, 9.17) is 0 Å². The Kier molecular flexibility index (Phi) is 2.89. The van der Waals surface area contributed by atoms with Crippen LogP contribution in [-0.2, 0) is 6.18 Å². The van der Waals surface area contributed by atoms with E-state index in [0.29, 0.717) is 5.52 Å². The maximum atomic E-state index is 12.6. The van der Waals surface area contributed by atoms with Gasteiger partial charge in [0.2, 0.25) is 0 Å². The fourth-order valence-electron chi connectivity index (χ4n) is 1.91. The molecule has 0 spiro atoms. The molecule has 1 aromatic carbocycles. The topological polar surface area (TPSA) is 4.93 Å². The first-order chi connectivity index (χ1) is 7.93. The number of rotatable bonds is 2. The van der Waals surface area contributed by atoms with Crippen molar-refractivity contribution < 1.29 is 13.2 Å². The lowest BCUT2D eigenvalue weighted by atomic mass is 10.1. The van der Waals surface area contributed by atoms with E-state index in [1.165, 1.54) is 12.1 Å². The van der Waals surface area contributed by atoms with Crippen LogP contribution in [0.1, 0.15) is 31.9 Å². The highest BCUT2D eigenvalue weighted by Gasteiger charge is 2.30.